The van der Waals surface area contributed by atoms with E-state index >= 15 is 0 Å². The molecule has 664 valence electrons. The molecule has 0 aromatic heterocycles. The third-order valence-corrected chi connectivity index (χ3v) is 26.9. The van der Waals surface area contributed by atoms with Crippen LogP contribution in [0.15, 0.2) is 528 Å². The summed E-state index contributed by atoms with van der Waals surface area (Å²) in [5, 5.41) is 0. The van der Waals surface area contributed by atoms with Crippen LogP contribution in [0.2, 0.25) is 0 Å². The molecule has 20 aromatic carbocycles. The highest BCUT2D eigenvalue weighted by Crippen LogP contribution is 2.64. The van der Waals surface area contributed by atoms with Crippen molar-refractivity contribution in [1.29, 1.82) is 0 Å². The molecule has 0 radical (unpaired) electrons. The lowest BCUT2D eigenvalue weighted by Gasteiger charge is -2.31. The Kier molecular flexibility index (Phi) is 25.2. The number of rotatable bonds is 20. The topological polar surface area (TPSA) is 25.9 Å². The molecule has 23 rings (SSSR count). The Bertz CT molecular complexity index is 7290. The number of hydrogen-bond donors (Lipinski definition) is 0. The standard InChI is InChI=1S/C44H32N2.C34H30N2.C26H24N2.C25H22N2/c1-45(33-19-14-20-35(29-33)46(31-15-4-2-5-16-31)32-17-6-3-7-18-32)34-27-28-39-38-23-10-13-26-42(38)44(43(39)30-34)40-24-11-8-21-36(40)37-22-9-12-25-41(37)44;1-34(2)32-20-11-10-19-30(32)31-22-21-28(24-33(31)34)35(3)27-17-12-18-29(23-27)36(25-13-6-4-7-14-25)26-15-8-5-9-16-26;1-21-17-19-22(20-18-21)27(2)25-15-9-10-16-26(25)28(23-11-5-3-6-12-23)24-13-7-4-8-14-24;1-26(21-13-5-2-6-14-21)24-19-11-12-20-25(24)27(22-15-7-3-8-16-22)23-17-9-4-10-18-23/h2-30H,1H3;4-24H,1-3H3;3-20H,1-2H3;2-20H,1H3. The molecule has 8 nitrogen and oxygen atoms in total. The van der Waals surface area contributed by atoms with Gasteiger partial charge in [0.2, 0.25) is 0 Å². The molecular formula is C129H108N8. The monoisotopic (exact) mass is 1770 g/mol. The maximum Gasteiger partial charge on any atom is 0.0726 e. The highest BCUT2D eigenvalue weighted by molar-refractivity contribution is 5.97. The van der Waals surface area contributed by atoms with Crippen LogP contribution >= 0.6 is 0 Å². The molecule has 0 amide bonds. The summed E-state index contributed by atoms with van der Waals surface area (Å²) in [6.07, 6.45) is 0. The highest BCUT2D eigenvalue weighted by atomic mass is 15.2. The summed E-state index contributed by atoms with van der Waals surface area (Å²) in [5.74, 6) is 0. The van der Waals surface area contributed by atoms with E-state index in [-0.39, 0.29) is 10.8 Å². The van der Waals surface area contributed by atoms with E-state index in [0.29, 0.717) is 0 Å². The minimum absolute atomic E-state index is 0.0119. The smallest absolute Gasteiger partial charge is 0.0726 e. The summed E-state index contributed by atoms with van der Waals surface area (Å²) in [7, 11) is 8.58. The SMILES string of the molecule is CN(c1cccc(N(c2ccccc2)c2ccccc2)c1)c1ccc2c(c1)C(C)(C)c1ccccc1-2.CN(c1cccc(N(c2ccccc2)c2ccccc2)c1)c1ccc2c(c1)C1(c3ccccc3-c3ccccc31)c1ccccc1-2.CN(c1ccccc1)c1ccccc1N(c1ccccc1)c1ccccc1.Cc1ccc(N(C)c2ccccc2N(c2ccccc2)c2ccccc2)cc1. The fourth-order valence-corrected chi connectivity index (χ4v) is 20.1. The van der Waals surface area contributed by atoms with E-state index in [2.05, 4.69) is 610 Å². The normalized spacial score (nSPS) is 12.0. The molecule has 0 heterocycles. The predicted molar refractivity (Wildman–Crippen MR) is 581 cm³/mol. The van der Waals surface area contributed by atoms with Gasteiger partial charge < -0.3 is 39.2 Å². The van der Waals surface area contributed by atoms with Gasteiger partial charge in [-0.05, 0) is 280 Å². The molecule has 3 aliphatic rings. The zero-order chi connectivity index (χ0) is 93.2. The molecule has 0 saturated heterocycles. The van der Waals surface area contributed by atoms with Gasteiger partial charge in [-0.1, -0.05) is 341 Å². The number of aryl methyl sites for hydroxylation is 1. The van der Waals surface area contributed by atoms with Crippen LogP contribution in [0.1, 0.15) is 52.8 Å². The highest BCUT2D eigenvalue weighted by Gasteiger charge is 2.52. The molecule has 0 saturated carbocycles. The van der Waals surface area contributed by atoms with Crippen molar-refractivity contribution in [1.82, 2.24) is 0 Å². The van der Waals surface area contributed by atoms with E-state index in [9.17, 15) is 0 Å². The van der Waals surface area contributed by atoms with E-state index in [0.717, 1.165) is 102 Å². The van der Waals surface area contributed by atoms with Crippen LogP contribution in [0.3, 0.4) is 0 Å². The fourth-order valence-electron chi connectivity index (χ4n) is 20.1. The first-order valence-corrected chi connectivity index (χ1v) is 47.1. The van der Waals surface area contributed by atoms with Gasteiger partial charge in [-0.2, -0.15) is 0 Å². The molecule has 0 fully saturated rings. The van der Waals surface area contributed by atoms with Crippen molar-refractivity contribution in [2.45, 2.75) is 31.6 Å². The summed E-state index contributed by atoms with van der Waals surface area (Å²) in [6.45, 7) is 6.78. The number of benzene rings is 20. The molecule has 3 aliphatic carbocycles. The van der Waals surface area contributed by atoms with Gasteiger partial charge in [0.05, 0.1) is 28.2 Å². The Morgan fingerprint density at radius 1 is 0.146 bits per heavy atom. The average molecular weight is 1770 g/mol. The van der Waals surface area contributed by atoms with Gasteiger partial charge in [-0.25, -0.2) is 0 Å². The van der Waals surface area contributed by atoms with Crippen LogP contribution in [0, 0.1) is 6.92 Å². The summed E-state index contributed by atoms with van der Waals surface area (Å²) in [6, 6.07) is 188. The van der Waals surface area contributed by atoms with Crippen LogP contribution in [0.25, 0.3) is 33.4 Å². The second-order valence-corrected chi connectivity index (χ2v) is 35.5. The Balaban J connectivity index is 0.000000116. The van der Waals surface area contributed by atoms with Gasteiger partial charge in [0, 0.05) is 125 Å². The number of fused-ring (bicyclic) bond motifs is 13. The first-order valence-electron chi connectivity index (χ1n) is 47.1. The fraction of sp³-hybridized carbons (Fsp3) is 0.0698. The van der Waals surface area contributed by atoms with Gasteiger partial charge in [-0.3, -0.25) is 0 Å². The molecule has 1 spiro atoms. The molecule has 0 N–H and O–H groups in total. The van der Waals surface area contributed by atoms with E-state index in [1.165, 1.54) is 83.7 Å². The molecule has 0 bridgehead atoms. The number of nitrogens with zero attached hydrogens (tertiary/aromatic N) is 8. The maximum atomic E-state index is 2.44. The Hall–Kier alpha value is -17.2. The second kappa shape index (κ2) is 39.3. The van der Waals surface area contributed by atoms with E-state index in [1.807, 2.05) is 6.07 Å². The number of para-hydroxylation sites is 13. The second-order valence-electron chi connectivity index (χ2n) is 35.5. The van der Waals surface area contributed by atoms with Crippen LogP contribution in [-0.2, 0) is 10.8 Å². The van der Waals surface area contributed by atoms with Crippen LogP contribution in [-0.4, -0.2) is 28.2 Å². The van der Waals surface area contributed by atoms with Gasteiger partial charge >= 0.3 is 0 Å². The van der Waals surface area contributed by atoms with Crippen LogP contribution in [0.5, 0.6) is 0 Å². The molecular weight excluding hydrogens is 1660 g/mol. The first kappa shape index (κ1) is 87.8. The maximum absolute atomic E-state index is 2.44. The van der Waals surface area contributed by atoms with E-state index in [1.54, 1.807) is 0 Å². The molecule has 137 heavy (non-hydrogen) atoms. The molecule has 0 aliphatic heterocycles. The molecule has 0 atom stereocenters. The third kappa shape index (κ3) is 17.4. The Labute approximate surface area is 807 Å². The minimum atomic E-state index is -0.352. The van der Waals surface area contributed by atoms with Gasteiger partial charge in [0.1, 0.15) is 0 Å². The number of anilines is 20. The minimum Gasteiger partial charge on any atom is -0.345 e. The summed E-state index contributed by atoms with van der Waals surface area (Å²) < 4.78 is 0. The van der Waals surface area contributed by atoms with Crippen molar-refractivity contribution in [3.05, 3.63) is 567 Å². The van der Waals surface area contributed by atoms with Crippen molar-refractivity contribution in [2.75, 3.05) is 67.4 Å². The first-order chi connectivity index (χ1) is 67.4. The van der Waals surface area contributed by atoms with Crippen molar-refractivity contribution in [3.63, 3.8) is 0 Å². The summed E-state index contributed by atoms with van der Waals surface area (Å²) >= 11 is 0. The molecule has 8 heteroatoms. The quantitative estimate of drug-likeness (QED) is 0.0745. The molecule has 20 aromatic rings. The zero-order valence-electron chi connectivity index (χ0n) is 78.3. The van der Waals surface area contributed by atoms with Crippen molar-refractivity contribution >= 4 is 114 Å². The van der Waals surface area contributed by atoms with Crippen LogP contribution in [0.4, 0.5) is 114 Å². The van der Waals surface area contributed by atoms with Crippen molar-refractivity contribution in [2.24, 2.45) is 0 Å². The summed E-state index contributed by atoms with van der Waals surface area (Å²) in [4.78, 5) is 18.3. The van der Waals surface area contributed by atoms with Gasteiger partial charge in [-0.15, -0.1) is 0 Å². The Morgan fingerprint density at radius 3 is 0.701 bits per heavy atom. The zero-order valence-corrected chi connectivity index (χ0v) is 78.3. The van der Waals surface area contributed by atoms with Crippen LogP contribution < -0.4 is 39.2 Å². The van der Waals surface area contributed by atoms with Crippen molar-refractivity contribution < 1.29 is 0 Å². The molecule has 0 unspecified atom stereocenters. The Morgan fingerprint density at radius 2 is 0.365 bits per heavy atom. The lowest BCUT2D eigenvalue weighted by Crippen LogP contribution is -2.26. The van der Waals surface area contributed by atoms with E-state index < -0.39 is 0 Å². The van der Waals surface area contributed by atoms with Gasteiger partial charge in [0.15, 0.2) is 0 Å². The predicted octanol–water partition coefficient (Wildman–Crippen LogP) is 34.7. The van der Waals surface area contributed by atoms with Gasteiger partial charge in [0.25, 0.3) is 0 Å². The number of hydrogen-bond acceptors (Lipinski definition) is 8. The summed E-state index contributed by atoms with van der Waals surface area (Å²) in [5.41, 5.74) is 40.0. The van der Waals surface area contributed by atoms with Crippen molar-refractivity contribution in [3.8, 4) is 33.4 Å². The third-order valence-electron chi connectivity index (χ3n) is 26.9. The van der Waals surface area contributed by atoms with E-state index in [4.69, 9.17) is 0 Å². The lowest BCUT2D eigenvalue weighted by atomic mass is 9.70. The lowest BCUT2D eigenvalue weighted by molar-refractivity contribution is 0.660. The average Bonchev–Trinajstić information content (AvgIpc) is 1.51. The largest absolute Gasteiger partial charge is 0.345 e.